The summed E-state index contributed by atoms with van der Waals surface area (Å²) in [5, 5.41) is 3.87. The molecule has 0 saturated carbocycles. The molecule has 1 amide bonds. The van der Waals surface area contributed by atoms with Gasteiger partial charge in [-0.1, -0.05) is 5.16 Å². The molecule has 0 atom stereocenters. The lowest BCUT2D eigenvalue weighted by molar-refractivity contribution is -0.137. The number of rotatable bonds is 5. The number of hydrogen-bond acceptors (Lipinski definition) is 6. The topological polar surface area (TPSA) is 96.6 Å². The molecule has 2 fully saturated rings. The van der Waals surface area contributed by atoms with Gasteiger partial charge in [0, 0.05) is 43.2 Å². The molecule has 2 aliphatic rings. The lowest BCUT2D eigenvalue weighted by atomic mass is 9.97. The van der Waals surface area contributed by atoms with Crippen LogP contribution < -0.4 is 0 Å². The fourth-order valence-electron chi connectivity index (χ4n) is 4.72. The Labute approximate surface area is 212 Å². The van der Waals surface area contributed by atoms with E-state index in [1.54, 1.807) is 12.1 Å². The van der Waals surface area contributed by atoms with Crippen LogP contribution in [0.25, 0.3) is 22.8 Å². The zero-order valence-corrected chi connectivity index (χ0v) is 20.6. The van der Waals surface area contributed by atoms with Gasteiger partial charge in [-0.15, -0.1) is 0 Å². The van der Waals surface area contributed by atoms with Crippen LogP contribution in [0, 0.1) is 5.92 Å². The summed E-state index contributed by atoms with van der Waals surface area (Å²) in [5.41, 5.74) is 0.0450. The van der Waals surface area contributed by atoms with E-state index >= 15 is 0 Å². The first-order chi connectivity index (χ1) is 17.6. The van der Waals surface area contributed by atoms with Crippen molar-refractivity contribution in [2.45, 2.75) is 36.8 Å². The Hall–Kier alpha value is -3.25. The monoisotopic (exact) mass is 534 g/mol. The number of benzene rings is 2. The molecule has 2 aliphatic heterocycles. The summed E-state index contributed by atoms with van der Waals surface area (Å²) in [6.07, 6.45) is -1.39. The average molecular weight is 535 g/mol. The fraction of sp³-hybridized carbons (Fsp3) is 0.400. The van der Waals surface area contributed by atoms with Crippen molar-refractivity contribution in [3.63, 3.8) is 0 Å². The predicted molar refractivity (Wildman–Crippen MR) is 127 cm³/mol. The Bertz CT molecular complexity index is 1360. The van der Waals surface area contributed by atoms with E-state index in [0.717, 1.165) is 38.1 Å². The largest absolute Gasteiger partial charge is 0.416 e. The van der Waals surface area contributed by atoms with Crippen LogP contribution in [0.3, 0.4) is 0 Å². The van der Waals surface area contributed by atoms with E-state index in [1.807, 2.05) is 4.90 Å². The van der Waals surface area contributed by atoms with E-state index in [9.17, 15) is 26.4 Å². The van der Waals surface area contributed by atoms with Crippen LogP contribution in [0.1, 0.15) is 31.2 Å². The smallest absolute Gasteiger partial charge is 0.342 e. The molecule has 196 valence electrons. The molecule has 1 aromatic heterocycles. The zero-order chi connectivity index (χ0) is 26.2. The van der Waals surface area contributed by atoms with Gasteiger partial charge in [-0.05, 0) is 74.2 Å². The number of amides is 1. The maximum atomic E-state index is 13.2. The van der Waals surface area contributed by atoms with Gasteiger partial charge in [-0.25, -0.2) is 8.42 Å². The molecule has 0 N–H and O–H groups in total. The van der Waals surface area contributed by atoms with Crippen molar-refractivity contribution in [3.8, 4) is 22.8 Å². The van der Waals surface area contributed by atoms with Gasteiger partial charge < -0.3 is 9.42 Å². The van der Waals surface area contributed by atoms with Gasteiger partial charge in [0.05, 0.1) is 10.5 Å². The van der Waals surface area contributed by atoms with Crippen LogP contribution in [0.4, 0.5) is 13.2 Å². The predicted octanol–water partition coefficient (Wildman–Crippen LogP) is 4.45. The van der Waals surface area contributed by atoms with Crippen LogP contribution in [0.15, 0.2) is 57.9 Å². The molecule has 0 spiro atoms. The normalized spacial score (nSPS) is 17.9. The van der Waals surface area contributed by atoms with Gasteiger partial charge in [0.2, 0.25) is 21.8 Å². The number of piperidine rings is 1. The van der Waals surface area contributed by atoms with Crippen LogP contribution in [-0.2, 0) is 21.0 Å². The van der Waals surface area contributed by atoms with Crippen molar-refractivity contribution >= 4 is 15.9 Å². The molecule has 5 rings (SSSR count). The van der Waals surface area contributed by atoms with E-state index in [0.29, 0.717) is 24.0 Å². The summed E-state index contributed by atoms with van der Waals surface area (Å²) in [7, 11) is -3.73. The van der Waals surface area contributed by atoms with E-state index in [1.165, 1.54) is 28.6 Å². The summed E-state index contributed by atoms with van der Waals surface area (Å²) in [4.78, 5) is 18.9. The second kappa shape index (κ2) is 9.90. The number of alkyl halides is 3. The third kappa shape index (κ3) is 5.26. The Morgan fingerprint density at radius 1 is 0.892 bits per heavy atom. The fourth-order valence-corrected chi connectivity index (χ4v) is 6.19. The number of aromatic nitrogens is 2. The summed E-state index contributed by atoms with van der Waals surface area (Å²) in [6.45, 7) is 2.15. The van der Waals surface area contributed by atoms with Gasteiger partial charge in [0.25, 0.3) is 5.89 Å². The van der Waals surface area contributed by atoms with Crippen LogP contribution in [0.5, 0.6) is 0 Å². The zero-order valence-electron chi connectivity index (χ0n) is 19.8. The molecule has 0 unspecified atom stereocenters. The molecule has 0 radical (unpaired) electrons. The number of likely N-dealkylation sites (tertiary alicyclic amines) is 1. The first kappa shape index (κ1) is 25.4. The maximum absolute atomic E-state index is 13.2. The Morgan fingerprint density at radius 2 is 1.49 bits per heavy atom. The van der Waals surface area contributed by atoms with Gasteiger partial charge in [-0.3, -0.25) is 4.79 Å². The third-order valence-corrected chi connectivity index (χ3v) is 8.77. The Balaban J connectivity index is 1.24. The van der Waals surface area contributed by atoms with Crippen LogP contribution in [-0.4, -0.2) is 59.8 Å². The highest BCUT2D eigenvalue weighted by molar-refractivity contribution is 7.89. The van der Waals surface area contributed by atoms with Crippen molar-refractivity contribution in [2.24, 2.45) is 5.92 Å². The van der Waals surface area contributed by atoms with Crippen molar-refractivity contribution in [2.75, 3.05) is 26.2 Å². The second-order valence-electron chi connectivity index (χ2n) is 9.23. The lowest BCUT2D eigenvalue weighted by Crippen LogP contribution is -2.43. The molecule has 0 aliphatic carbocycles. The van der Waals surface area contributed by atoms with Crippen molar-refractivity contribution in [1.29, 1.82) is 0 Å². The van der Waals surface area contributed by atoms with Gasteiger partial charge >= 0.3 is 6.18 Å². The Morgan fingerprint density at radius 3 is 2.08 bits per heavy atom. The maximum Gasteiger partial charge on any atom is 0.416 e. The molecule has 3 aromatic rings. The lowest BCUT2D eigenvalue weighted by Gasteiger charge is -2.32. The third-order valence-electron chi connectivity index (χ3n) is 6.86. The number of sulfonamides is 1. The number of halogens is 3. The SMILES string of the molecule is O=C(C1CCN(S(=O)(=O)c2ccc(-c3noc(-c4ccc(C(F)(F)F)cc4)n3)cc2)CC1)N1CCCC1. The molecule has 3 heterocycles. The highest BCUT2D eigenvalue weighted by Crippen LogP contribution is 2.32. The highest BCUT2D eigenvalue weighted by atomic mass is 32.2. The first-order valence-electron chi connectivity index (χ1n) is 12.0. The minimum absolute atomic E-state index is 0.0479. The van der Waals surface area contributed by atoms with E-state index in [4.69, 9.17) is 4.52 Å². The van der Waals surface area contributed by atoms with Crippen molar-refractivity contribution < 1.29 is 30.9 Å². The number of hydrogen-bond donors (Lipinski definition) is 0. The van der Waals surface area contributed by atoms with E-state index in [2.05, 4.69) is 10.1 Å². The molecule has 2 aromatic carbocycles. The molecule has 0 bridgehead atoms. The molecule has 2 saturated heterocycles. The second-order valence-corrected chi connectivity index (χ2v) is 11.2. The molecule has 12 heteroatoms. The summed E-state index contributed by atoms with van der Waals surface area (Å²) in [6, 6.07) is 10.4. The minimum atomic E-state index is -4.44. The number of nitrogens with zero attached hydrogens (tertiary/aromatic N) is 4. The molecule has 8 nitrogen and oxygen atoms in total. The average Bonchev–Trinajstić information content (AvgIpc) is 3.61. The van der Waals surface area contributed by atoms with Gasteiger partial charge in [-0.2, -0.15) is 22.5 Å². The molecule has 37 heavy (non-hydrogen) atoms. The van der Waals surface area contributed by atoms with Crippen molar-refractivity contribution in [3.05, 3.63) is 54.1 Å². The van der Waals surface area contributed by atoms with Gasteiger partial charge in [0.1, 0.15) is 0 Å². The summed E-state index contributed by atoms with van der Waals surface area (Å²) < 4.78 is 71.2. The van der Waals surface area contributed by atoms with Crippen LogP contribution >= 0.6 is 0 Å². The van der Waals surface area contributed by atoms with E-state index in [-0.39, 0.29) is 41.5 Å². The first-order valence-corrected chi connectivity index (χ1v) is 13.5. The quantitative estimate of drug-likeness (QED) is 0.480. The molecular weight excluding hydrogens is 509 g/mol. The van der Waals surface area contributed by atoms with E-state index < -0.39 is 21.8 Å². The summed E-state index contributed by atoms with van der Waals surface area (Å²) >= 11 is 0. The Kier molecular flexibility index (Phi) is 6.80. The van der Waals surface area contributed by atoms with Crippen molar-refractivity contribution in [1.82, 2.24) is 19.3 Å². The van der Waals surface area contributed by atoms with Gasteiger partial charge in [0.15, 0.2) is 0 Å². The number of carbonyl (C=O) groups is 1. The minimum Gasteiger partial charge on any atom is -0.342 e. The number of carbonyl (C=O) groups excluding carboxylic acids is 1. The summed E-state index contributed by atoms with van der Waals surface area (Å²) in [5.74, 6) is 0.227. The standard InChI is InChI=1S/C25H25F3N4O4S/c26-25(27,28)20-7-3-18(4-8-20)23-29-22(30-36-23)17-5-9-21(10-6-17)37(34,35)32-15-11-19(12-16-32)24(33)31-13-1-2-14-31/h3-10,19H,1-2,11-16H2. The van der Waals surface area contributed by atoms with Crippen LogP contribution in [0.2, 0.25) is 0 Å². The molecular formula is C25H25F3N4O4S. The highest BCUT2D eigenvalue weighted by Gasteiger charge is 2.34.